The molecule has 0 aromatic heterocycles. The van der Waals surface area contributed by atoms with Gasteiger partial charge in [0, 0.05) is 6.54 Å². The number of carbonyl (C=O) groups excluding carboxylic acids is 2. The quantitative estimate of drug-likeness (QED) is 0.596. The molecule has 1 aromatic carbocycles. The van der Waals surface area contributed by atoms with Gasteiger partial charge in [0.05, 0.1) is 12.5 Å². The highest BCUT2D eigenvalue weighted by atomic mass is 16.5. The van der Waals surface area contributed by atoms with Crippen molar-refractivity contribution in [2.75, 3.05) is 7.11 Å². The van der Waals surface area contributed by atoms with Gasteiger partial charge in [-0.15, -0.1) is 0 Å². The third kappa shape index (κ3) is 1.45. The largest absolute Gasteiger partial charge is 0.467 e. The maximum atomic E-state index is 12.1. The first kappa shape index (κ1) is 11.3. The highest BCUT2D eigenvalue weighted by molar-refractivity contribution is 6.02. The van der Waals surface area contributed by atoms with Gasteiger partial charge in [-0.05, 0) is 18.4 Å². The maximum Gasteiger partial charge on any atom is 0.329 e. The Morgan fingerprint density at radius 3 is 2.61 bits per heavy atom. The molecule has 1 spiro atoms. The molecule has 94 valence electrons. The zero-order valence-electron chi connectivity index (χ0n) is 10.3. The van der Waals surface area contributed by atoms with Crippen LogP contribution in [0.15, 0.2) is 30.3 Å². The van der Waals surface area contributed by atoms with E-state index in [0.717, 1.165) is 18.4 Å². The first-order valence-electron chi connectivity index (χ1n) is 6.12. The van der Waals surface area contributed by atoms with Gasteiger partial charge in [-0.1, -0.05) is 30.3 Å². The van der Waals surface area contributed by atoms with Crippen molar-refractivity contribution in [2.45, 2.75) is 25.4 Å². The van der Waals surface area contributed by atoms with Gasteiger partial charge in [0.1, 0.15) is 6.04 Å². The van der Waals surface area contributed by atoms with Crippen LogP contribution in [0, 0.1) is 5.41 Å². The Bertz CT molecular complexity index is 493. The fraction of sp³-hybridized carbons (Fsp3) is 0.429. The van der Waals surface area contributed by atoms with Gasteiger partial charge in [-0.3, -0.25) is 4.79 Å². The van der Waals surface area contributed by atoms with Gasteiger partial charge in [0.25, 0.3) is 0 Å². The SMILES string of the molecule is COC(=O)C1N(Cc2ccccc2)C(=O)C12CC2. The zero-order valence-corrected chi connectivity index (χ0v) is 10.3. The van der Waals surface area contributed by atoms with Crippen molar-refractivity contribution in [1.82, 2.24) is 4.90 Å². The number of carbonyl (C=O) groups is 2. The lowest BCUT2D eigenvalue weighted by atomic mass is 9.83. The molecule has 18 heavy (non-hydrogen) atoms. The molecule has 1 unspecified atom stereocenters. The van der Waals surface area contributed by atoms with Crippen LogP contribution in [0.4, 0.5) is 0 Å². The Kier molecular flexibility index (Phi) is 2.40. The molecular formula is C14H15NO3. The van der Waals surface area contributed by atoms with E-state index in [-0.39, 0.29) is 17.9 Å². The average molecular weight is 245 g/mol. The Labute approximate surface area is 106 Å². The van der Waals surface area contributed by atoms with Gasteiger partial charge in [0.15, 0.2) is 0 Å². The molecule has 1 atom stereocenters. The number of hydrogen-bond acceptors (Lipinski definition) is 3. The molecule has 2 fully saturated rings. The maximum absolute atomic E-state index is 12.1. The number of esters is 1. The van der Waals surface area contributed by atoms with Crippen molar-refractivity contribution in [3.8, 4) is 0 Å². The lowest BCUT2D eigenvalue weighted by Gasteiger charge is -2.46. The van der Waals surface area contributed by atoms with Crippen molar-refractivity contribution in [2.24, 2.45) is 5.41 Å². The normalized spacial score (nSPS) is 23.7. The summed E-state index contributed by atoms with van der Waals surface area (Å²) in [6, 6.07) is 9.33. The molecule has 4 nitrogen and oxygen atoms in total. The van der Waals surface area contributed by atoms with Crippen LogP contribution in [0.25, 0.3) is 0 Å². The van der Waals surface area contributed by atoms with Gasteiger partial charge in [0.2, 0.25) is 5.91 Å². The molecule has 1 saturated heterocycles. The minimum atomic E-state index is -0.415. The van der Waals surface area contributed by atoms with Crippen LogP contribution in [-0.2, 0) is 20.9 Å². The van der Waals surface area contributed by atoms with Crippen LogP contribution < -0.4 is 0 Å². The summed E-state index contributed by atoms with van der Waals surface area (Å²) in [7, 11) is 1.38. The fourth-order valence-corrected chi connectivity index (χ4v) is 2.78. The van der Waals surface area contributed by atoms with Crippen LogP contribution in [0.1, 0.15) is 18.4 Å². The zero-order chi connectivity index (χ0) is 12.8. The molecular weight excluding hydrogens is 230 g/mol. The number of nitrogens with zero attached hydrogens (tertiary/aromatic N) is 1. The number of benzene rings is 1. The lowest BCUT2D eigenvalue weighted by Crippen LogP contribution is -2.65. The number of β-lactam (4-membered cyclic amide) rings is 1. The Hall–Kier alpha value is -1.84. The van der Waals surface area contributed by atoms with Gasteiger partial charge >= 0.3 is 5.97 Å². The van der Waals surface area contributed by atoms with Crippen LogP contribution in [-0.4, -0.2) is 29.9 Å². The van der Waals surface area contributed by atoms with E-state index in [2.05, 4.69) is 0 Å². The molecule has 4 heteroatoms. The van der Waals surface area contributed by atoms with Crippen molar-refractivity contribution < 1.29 is 14.3 Å². The Morgan fingerprint density at radius 1 is 1.39 bits per heavy atom. The fourth-order valence-electron chi connectivity index (χ4n) is 2.78. The standard InChI is InChI=1S/C14H15NO3/c1-18-12(16)11-14(7-8-14)13(17)15(11)9-10-5-3-2-4-6-10/h2-6,11H,7-9H2,1H3. The lowest BCUT2D eigenvalue weighted by molar-refractivity contribution is -0.176. The van der Waals surface area contributed by atoms with Crippen molar-refractivity contribution in [3.05, 3.63) is 35.9 Å². The number of rotatable bonds is 3. The predicted molar refractivity (Wildman–Crippen MR) is 64.5 cm³/mol. The van der Waals surface area contributed by atoms with Crippen molar-refractivity contribution >= 4 is 11.9 Å². The summed E-state index contributed by atoms with van der Waals surface area (Å²) in [5, 5.41) is 0. The Balaban J connectivity index is 1.79. The van der Waals surface area contributed by atoms with E-state index in [9.17, 15) is 9.59 Å². The van der Waals surface area contributed by atoms with E-state index >= 15 is 0 Å². The summed E-state index contributed by atoms with van der Waals surface area (Å²) in [5.74, 6) is -0.190. The first-order valence-corrected chi connectivity index (χ1v) is 6.12. The highest BCUT2D eigenvalue weighted by Gasteiger charge is 2.70. The second kappa shape index (κ2) is 3.83. The third-order valence-corrected chi connectivity index (χ3v) is 3.93. The van der Waals surface area contributed by atoms with Crippen molar-refractivity contribution in [1.29, 1.82) is 0 Å². The summed E-state index contributed by atoms with van der Waals surface area (Å²) in [5.41, 5.74) is 0.622. The molecule has 0 radical (unpaired) electrons. The molecule has 1 aliphatic heterocycles. The summed E-state index contributed by atoms with van der Waals surface area (Å²) in [4.78, 5) is 25.5. The topological polar surface area (TPSA) is 46.6 Å². The molecule has 1 heterocycles. The van der Waals surface area contributed by atoms with Crippen LogP contribution >= 0.6 is 0 Å². The van der Waals surface area contributed by atoms with Crippen LogP contribution in [0.5, 0.6) is 0 Å². The molecule has 0 bridgehead atoms. The summed E-state index contributed by atoms with van der Waals surface area (Å²) >= 11 is 0. The van der Waals surface area contributed by atoms with E-state index < -0.39 is 5.41 Å². The smallest absolute Gasteiger partial charge is 0.329 e. The minimum absolute atomic E-state index is 0.0988. The molecule has 1 saturated carbocycles. The summed E-state index contributed by atoms with van der Waals surface area (Å²) < 4.78 is 4.81. The molecule has 1 aromatic rings. The van der Waals surface area contributed by atoms with Gasteiger partial charge < -0.3 is 9.64 Å². The highest BCUT2D eigenvalue weighted by Crippen LogP contribution is 2.59. The van der Waals surface area contributed by atoms with Crippen molar-refractivity contribution in [3.63, 3.8) is 0 Å². The third-order valence-electron chi connectivity index (χ3n) is 3.93. The Morgan fingerprint density at radius 2 is 2.06 bits per heavy atom. The van der Waals surface area contributed by atoms with E-state index in [1.807, 2.05) is 30.3 Å². The van der Waals surface area contributed by atoms with Crippen LogP contribution in [0.2, 0.25) is 0 Å². The first-order chi connectivity index (χ1) is 8.69. The number of methoxy groups -OCH3 is 1. The second-order valence-electron chi connectivity index (χ2n) is 5.00. The average Bonchev–Trinajstić information content (AvgIpc) is 3.21. The number of amides is 1. The predicted octanol–water partition coefficient (Wildman–Crippen LogP) is 1.35. The molecule has 1 amide bonds. The van der Waals surface area contributed by atoms with E-state index in [4.69, 9.17) is 4.74 Å². The number of likely N-dealkylation sites (tertiary alicyclic amines) is 1. The number of hydrogen-bond donors (Lipinski definition) is 0. The summed E-state index contributed by atoms with van der Waals surface area (Å²) in [6.07, 6.45) is 1.63. The van der Waals surface area contributed by atoms with Gasteiger partial charge in [-0.2, -0.15) is 0 Å². The van der Waals surface area contributed by atoms with Gasteiger partial charge in [-0.25, -0.2) is 4.79 Å². The summed E-state index contributed by atoms with van der Waals surface area (Å²) in [6.45, 7) is 0.487. The van der Waals surface area contributed by atoms with E-state index in [1.54, 1.807) is 4.90 Å². The molecule has 2 aliphatic rings. The molecule has 0 N–H and O–H groups in total. The molecule has 1 aliphatic carbocycles. The van der Waals surface area contributed by atoms with E-state index in [0.29, 0.717) is 6.54 Å². The van der Waals surface area contributed by atoms with E-state index in [1.165, 1.54) is 7.11 Å². The van der Waals surface area contributed by atoms with Crippen LogP contribution in [0.3, 0.4) is 0 Å². The minimum Gasteiger partial charge on any atom is -0.467 e. The second-order valence-corrected chi connectivity index (χ2v) is 5.00. The number of ether oxygens (including phenoxy) is 1. The molecule has 3 rings (SSSR count). The monoisotopic (exact) mass is 245 g/mol.